The van der Waals surface area contributed by atoms with Crippen molar-refractivity contribution in [2.24, 2.45) is 0 Å². The van der Waals surface area contributed by atoms with Gasteiger partial charge in [-0.05, 0) is 50.1 Å². The Balaban J connectivity index is 1.94. The minimum Gasteiger partial charge on any atom is -0.496 e. The van der Waals surface area contributed by atoms with E-state index >= 15 is 0 Å². The molecule has 4 nitrogen and oxygen atoms in total. The van der Waals surface area contributed by atoms with Gasteiger partial charge in [0.1, 0.15) is 11.5 Å². The lowest BCUT2D eigenvalue weighted by molar-refractivity contribution is -0.123. The van der Waals surface area contributed by atoms with E-state index < -0.39 is 0 Å². The lowest BCUT2D eigenvalue weighted by Crippen LogP contribution is -2.31. The van der Waals surface area contributed by atoms with Gasteiger partial charge >= 0.3 is 0 Å². The van der Waals surface area contributed by atoms with Crippen molar-refractivity contribution in [2.75, 3.05) is 13.7 Å². The van der Waals surface area contributed by atoms with Gasteiger partial charge in [0.2, 0.25) is 0 Å². The van der Waals surface area contributed by atoms with Gasteiger partial charge in [0.25, 0.3) is 5.91 Å². The molecular weight excluding hydrogens is 290 g/mol. The summed E-state index contributed by atoms with van der Waals surface area (Å²) in [6.45, 7) is 5.92. The van der Waals surface area contributed by atoms with Crippen LogP contribution in [0.1, 0.15) is 29.7 Å². The van der Waals surface area contributed by atoms with Crippen molar-refractivity contribution in [1.82, 2.24) is 5.32 Å². The molecule has 0 unspecified atom stereocenters. The molecule has 0 bridgehead atoms. The third-order valence-corrected chi connectivity index (χ3v) is 3.55. The maximum absolute atomic E-state index is 12.1. The van der Waals surface area contributed by atoms with Gasteiger partial charge in [0, 0.05) is 5.56 Å². The molecule has 0 spiro atoms. The zero-order valence-corrected chi connectivity index (χ0v) is 14.1. The van der Waals surface area contributed by atoms with Gasteiger partial charge in [-0.15, -0.1) is 0 Å². The first-order valence-corrected chi connectivity index (χ1v) is 7.63. The van der Waals surface area contributed by atoms with Crippen LogP contribution in [0.5, 0.6) is 11.5 Å². The summed E-state index contributed by atoms with van der Waals surface area (Å²) in [5, 5.41) is 2.93. The SMILES string of the molecule is COc1ccccc1[C@@H](C)NC(=O)COc1cc(C)cc(C)c1. The number of carbonyl (C=O) groups excluding carboxylic acids is 1. The van der Waals surface area contributed by atoms with Gasteiger partial charge in [-0.1, -0.05) is 24.3 Å². The molecule has 0 aliphatic rings. The van der Waals surface area contributed by atoms with Gasteiger partial charge in [0.05, 0.1) is 13.2 Å². The van der Waals surface area contributed by atoms with Crippen LogP contribution in [0, 0.1) is 13.8 Å². The lowest BCUT2D eigenvalue weighted by atomic mass is 10.1. The number of amides is 1. The number of aryl methyl sites for hydroxylation is 2. The Labute approximate surface area is 137 Å². The fourth-order valence-electron chi connectivity index (χ4n) is 2.55. The number of benzene rings is 2. The van der Waals surface area contributed by atoms with E-state index in [9.17, 15) is 4.79 Å². The van der Waals surface area contributed by atoms with Crippen molar-refractivity contribution in [3.8, 4) is 11.5 Å². The molecule has 0 fully saturated rings. The monoisotopic (exact) mass is 313 g/mol. The minimum absolute atomic E-state index is 0.0115. The zero-order valence-electron chi connectivity index (χ0n) is 14.1. The highest BCUT2D eigenvalue weighted by Crippen LogP contribution is 2.24. The molecule has 2 aromatic carbocycles. The third kappa shape index (κ3) is 4.74. The molecule has 0 radical (unpaired) electrons. The fraction of sp³-hybridized carbons (Fsp3) is 0.316. The summed E-state index contributed by atoms with van der Waals surface area (Å²) < 4.78 is 10.9. The normalized spacial score (nSPS) is 11.7. The van der Waals surface area contributed by atoms with Gasteiger partial charge in [0.15, 0.2) is 6.61 Å². The summed E-state index contributed by atoms with van der Waals surface area (Å²) in [5.74, 6) is 1.31. The number of para-hydroxylation sites is 1. The Hall–Kier alpha value is -2.49. The largest absolute Gasteiger partial charge is 0.496 e. The van der Waals surface area contributed by atoms with E-state index in [0.717, 1.165) is 22.4 Å². The first-order chi connectivity index (χ1) is 11.0. The van der Waals surface area contributed by atoms with Crippen LogP contribution in [-0.4, -0.2) is 19.6 Å². The van der Waals surface area contributed by atoms with Crippen LogP contribution in [0.4, 0.5) is 0 Å². The second-order valence-corrected chi connectivity index (χ2v) is 5.64. The summed E-state index contributed by atoms with van der Waals surface area (Å²) >= 11 is 0. The van der Waals surface area contributed by atoms with Gasteiger partial charge in [-0.25, -0.2) is 0 Å². The van der Waals surface area contributed by atoms with Crippen LogP contribution in [0.25, 0.3) is 0 Å². The predicted octanol–water partition coefficient (Wildman–Crippen LogP) is 3.57. The van der Waals surface area contributed by atoms with Crippen molar-refractivity contribution in [1.29, 1.82) is 0 Å². The van der Waals surface area contributed by atoms with Crippen molar-refractivity contribution in [3.05, 3.63) is 59.2 Å². The van der Waals surface area contributed by atoms with E-state index in [-0.39, 0.29) is 18.6 Å². The average molecular weight is 313 g/mol. The first kappa shape index (κ1) is 16.9. The van der Waals surface area contributed by atoms with Crippen LogP contribution >= 0.6 is 0 Å². The highest BCUT2D eigenvalue weighted by molar-refractivity contribution is 5.78. The molecule has 1 amide bonds. The molecular formula is C19H23NO3. The van der Waals surface area contributed by atoms with Crippen molar-refractivity contribution in [3.63, 3.8) is 0 Å². The van der Waals surface area contributed by atoms with Crippen LogP contribution in [-0.2, 0) is 4.79 Å². The summed E-state index contributed by atoms with van der Waals surface area (Å²) in [6, 6.07) is 13.4. The molecule has 2 aromatic rings. The molecule has 0 aliphatic carbocycles. The number of hydrogen-bond donors (Lipinski definition) is 1. The topological polar surface area (TPSA) is 47.6 Å². The van der Waals surface area contributed by atoms with Crippen molar-refractivity contribution >= 4 is 5.91 Å². The van der Waals surface area contributed by atoms with Crippen LogP contribution in [0.2, 0.25) is 0 Å². The van der Waals surface area contributed by atoms with Gasteiger partial charge < -0.3 is 14.8 Å². The Kier molecular flexibility index (Phi) is 5.63. The maximum Gasteiger partial charge on any atom is 0.258 e. The maximum atomic E-state index is 12.1. The number of methoxy groups -OCH3 is 1. The van der Waals surface area contributed by atoms with Crippen molar-refractivity contribution in [2.45, 2.75) is 26.8 Å². The standard InChI is InChI=1S/C19H23NO3/c1-13-9-14(2)11-16(10-13)23-12-19(21)20-15(3)17-7-5-6-8-18(17)22-4/h5-11,15H,12H2,1-4H3,(H,20,21)/t15-/m1/s1. The number of hydrogen-bond acceptors (Lipinski definition) is 3. The van der Waals surface area contributed by atoms with E-state index in [1.54, 1.807) is 7.11 Å². The van der Waals surface area contributed by atoms with E-state index in [2.05, 4.69) is 11.4 Å². The van der Waals surface area contributed by atoms with E-state index in [1.807, 2.05) is 57.2 Å². The Morgan fingerprint density at radius 2 is 1.78 bits per heavy atom. The average Bonchev–Trinajstić information content (AvgIpc) is 2.52. The molecule has 0 saturated carbocycles. The molecule has 122 valence electrons. The highest BCUT2D eigenvalue weighted by atomic mass is 16.5. The first-order valence-electron chi connectivity index (χ1n) is 7.63. The lowest BCUT2D eigenvalue weighted by Gasteiger charge is -2.17. The molecule has 4 heteroatoms. The summed E-state index contributed by atoms with van der Waals surface area (Å²) in [4.78, 5) is 12.1. The Morgan fingerprint density at radius 3 is 2.43 bits per heavy atom. The second-order valence-electron chi connectivity index (χ2n) is 5.64. The molecule has 1 atom stereocenters. The minimum atomic E-state index is -0.164. The van der Waals surface area contributed by atoms with E-state index in [1.165, 1.54) is 0 Å². The number of ether oxygens (including phenoxy) is 2. The summed E-state index contributed by atoms with van der Waals surface area (Å²) in [5.41, 5.74) is 3.17. The number of rotatable bonds is 6. The summed E-state index contributed by atoms with van der Waals surface area (Å²) in [7, 11) is 1.62. The zero-order chi connectivity index (χ0) is 16.8. The van der Waals surface area contributed by atoms with Gasteiger partial charge in [-0.2, -0.15) is 0 Å². The second kappa shape index (κ2) is 7.68. The van der Waals surface area contributed by atoms with E-state index in [4.69, 9.17) is 9.47 Å². The Morgan fingerprint density at radius 1 is 1.13 bits per heavy atom. The molecule has 1 N–H and O–H groups in total. The molecule has 2 rings (SSSR count). The Bertz CT molecular complexity index is 662. The highest BCUT2D eigenvalue weighted by Gasteiger charge is 2.14. The van der Waals surface area contributed by atoms with Crippen LogP contribution in [0.15, 0.2) is 42.5 Å². The fourth-order valence-corrected chi connectivity index (χ4v) is 2.55. The quantitative estimate of drug-likeness (QED) is 0.887. The van der Waals surface area contributed by atoms with Gasteiger partial charge in [-0.3, -0.25) is 4.79 Å². The molecule has 23 heavy (non-hydrogen) atoms. The summed E-state index contributed by atoms with van der Waals surface area (Å²) in [6.07, 6.45) is 0. The third-order valence-electron chi connectivity index (χ3n) is 3.55. The molecule has 0 aliphatic heterocycles. The predicted molar refractivity (Wildman–Crippen MR) is 91.0 cm³/mol. The van der Waals surface area contributed by atoms with Crippen molar-refractivity contribution < 1.29 is 14.3 Å². The molecule has 0 aromatic heterocycles. The molecule has 0 saturated heterocycles. The number of nitrogens with one attached hydrogen (secondary N) is 1. The van der Waals surface area contributed by atoms with E-state index in [0.29, 0.717) is 5.75 Å². The number of carbonyl (C=O) groups is 1. The van der Waals surface area contributed by atoms with Crippen LogP contribution < -0.4 is 14.8 Å². The smallest absolute Gasteiger partial charge is 0.258 e. The van der Waals surface area contributed by atoms with Crippen LogP contribution in [0.3, 0.4) is 0 Å². The molecule has 0 heterocycles.